The summed E-state index contributed by atoms with van der Waals surface area (Å²) in [5, 5.41) is 9.16. The number of carbonyl (C=O) groups is 1. The van der Waals surface area contributed by atoms with Crippen LogP contribution in [0.1, 0.15) is 35.5 Å². The molecule has 0 atom stereocenters. The molecule has 0 spiro atoms. The number of aliphatic carboxylic acids is 1. The zero-order valence-electron chi connectivity index (χ0n) is 19.2. The first-order chi connectivity index (χ1) is 14.0. The van der Waals surface area contributed by atoms with Crippen LogP contribution in [0.5, 0.6) is 5.75 Å². The van der Waals surface area contributed by atoms with Crippen molar-refractivity contribution in [3.8, 4) is 5.75 Å². The van der Waals surface area contributed by atoms with Gasteiger partial charge in [0.2, 0.25) is 0 Å². The van der Waals surface area contributed by atoms with Gasteiger partial charge in [-0.1, -0.05) is 36.4 Å². The molecule has 1 heterocycles. The van der Waals surface area contributed by atoms with E-state index < -0.39 is 24.9 Å². The van der Waals surface area contributed by atoms with Crippen molar-refractivity contribution < 1.29 is 21.5 Å². The van der Waals surface area contributed by atoms with Crippen LogP contribution in [0.15, 0.2) is 48.5 Å². The Hall–Kier alpha value is -2.59. The Balaban J connectivity index is 2.34. The monoisotopic (exact) mass is 342 g/mol. The van der Waals surface area contributed by atoms with Gasteiger partial charge in [-0.2, -0.15) is 0 Å². The van der Waals surface area contributed by atoms with Crippen LogP contribution in [0.3, 0.4) is 0 Å². The molecule has 0 amide bonds. The summed E-state index contributed by atoms with van der Waals surface area (Å²) in [5.74, 6) is -0.623. The summed E-state index contributed by atoms with van der Waals surface area (Å²) in [6.45, 7) is -2.26. The number of rotatable bonds is 5. The van der Waals surface area contributed by atoms with E-state index in [0.717, 1.165) is 10.5 Å². The van der Waals surface area contributed by atoms with Crippen LogP contribution in [0.2, 0.25) is 0 Å². The van der Waals surface area contributed by atoms with Crippen molar-refractivity contribution in [1.29, 1.82) is 0 Å². The fourth-order valence-corrected chi connectivity index (χ4v) is 2.71. The fraction of sp³-hybridized carbons (Fsp3) is 0.286. The van der Waals surface area contributed by atoms with Crippen molar-refractivity contribution in [3.63, 3.8) is 0 Å². The van der Waals surface area contributed by atoms with Crippen molar-refractivity contribution in [3.05, 3.63) is 70.8 Å². The van der Waals surface area contributed by atoms with Gasteiger partial charge in [0.25, 0.3) is 0 Å². The van der Waals surface area contributed by atoms with Gasteiger partial charge in [-0.05, 0) is 54.9 Å². The molecular formula is C21H23NO3. The predicted octanol–water partition coefficient (Wildman–Crippen LogP) is 3.59. The van der Waals surface area contributed by atoms with Gasteiger partial charge < -0.3 is 14.7 Å². The summed E-state index contributed by atoms with van der Waals surface area (Å²) in [4.78, 5) is 12.3. The average Bonchev–Trinajstić information content (AvgIpc) is 2.83. The normalized spacial score (nSPS) is 19.1. The minimum absolute atomic E-state index is 0.195. The molecule has 0 bridgehead atoms. The van der Waals surface area contributed by atoms with Crippen LogP contribution in [0.25, 0.3) is 5.57 Å². The van der Waals surface area contributed by atoms with Gasteiger partial charge >= 0.3 is 5.97 Å². The van der Waals surface area contributed by atoms with Gasteiger partial charge in [-0.25, -0.2) is 0 Å². The van der Waals surface area contributed by atoms with E-state index in [2.05, 4.69) is 0 Å². The zero-order chi connectivity index (χ0) is 22.3. The molecule has 1 aliphatic heterocycles. The molecule has 25 heavy (non-hydrogen) atoms. The van der Waals surface area contributed by atoms with Gasteiger partial charge in [0.1, 0.15) is 12.4 Å². The number of fused-ring (bicyclic) bond motifs is 2. The van der Waals surface area contributed by atoms with Crippen LogP contribution < -0.4 is 4.74 Å². The second kappa shape index (κ2) is 7.53. The minimum atomic E-state index is -2.66. The summed E-state index contributed by atoms with van der Waals surface area (Å²) in [5.41, 5.74) is 2.34. The third kappa shape index (κ3) is 4.09. The highest BCUT2D eigenvalue weighted by Gasteiger charge is 2.19. The lowest BCUT2D eigenvalue weighted by molar-refractivity contribution is -0.136. The molecule has 0 aromatic heterocycles. The van der Waals surface area contributed by atoms with Gasteiger partial charge in [0.05, 0.1) is 7.79 Å². The standard InChI is InChI=1S/C21H23NO3/c1-22(2)11-5-8-18-17-7-4-3-6-16(17)14-25-20-10-9-15(12-19(18)20)13-21(23)24/h3-4,6-10,12H,5,11,13-14H2,1-2H3,(H,23,24)/b18-8-/i5D2,8D,11D2. The molecule has 1 aliphatic rings. The van der Waals surface area contributed by atoms with Gasteiger partial charge in [-0.3, -0.25) is 4.79 Å². The maximum atomic E-state index is 11.2. The number of carboxylic acid groups (broad SMARTS) is 1. The first kappa shape index (κ1) is 11.9. The topological polar surface area (TPSA) is 49.8 Å². The van der Waals surface area contributed by atoms with Crippen molar-refractivity contribution in [2.75, 3.05) is 20.6 Å². The van der Waals surface area contributed by atoms with Crippen LogP contribution in [-0.2, 0) is 17.8 Å². The molecule has 0 fully saturated rings. The van der Waals surface area contributed by atoms with E-state index in [1.807, 2.05) is 12.1 Å². The second-order valence-electron chi connectivity index (χ2n) is 5.98. The maximum absolute atomic E-state index is 11.2. The molecule has 1 N–H and O–H groups in total. The van der Waals surface area contributed by atoms with E-state index in [9.17, 15) is 4.79 Å². The predicted molar refractivity (Wildman–Crippen MR) is 98.8 cm³/mol. The Labute approximate surface area is 155 Å². The number of carboxylic acids is 1. The first-order valence-corrected chi connectivity index (χ1v) is 7.91. The van der Waals surface area contributed by atoms with Gasteiger partial charge in [-0.15, -0.1) is 0 Å². The second-order valence-corrected chi connectivity index (χ2v) is 5.98. The van der Waals surface area contributed by atoms with E-state index in [1.165, 1.54) is 14.1 Å². The lowest BCUT2D eigenvalue weighted by Gasteiger charge is -2.13. The molecular weight excluding hydrogens is 314 g/mol. The Morgan fingerprint density at radius 2 is 2.12 bits per heavy atom. The van der Waals surface area contributed by atoms with Gasteiger partial charge in [0.15, 0.2) is 0 Å². The van der Waals surface area contributed by atoms with E-state index in [1.54, 1.807) is 30.3 Å². The molecule has 130 valence electrons. The molecule has 2 aromatic rings. The lowest BCUT2D eigenvalue weighted by Crippen LogP contribution is -2.12. The van der Waals surface area contributed by atoms with Crippen LogP contribution in [-0.4, -0.2) is 36.6 Å². The van der Waals surface area contributed by atoms with Crippen LogP contribution in [0, 0.1) is 0 Å². The molecule has 4 nitrogen and oxygen atoms in total. The molecule has 2 aromatic carbocycles. The maximum Gasteiger partial charge on any atom is 0.307 e. The Kier molecular flexibility index (Phi) is 3.58. The van der Waals surface area contributed by atoms with Crippen LogP contribution >= 0.6 is 0 Å². The SMILES string of the molecule is [2H]/C(=C1\c2ccccc2COc2ccc(CC(=O)O)cc21)C([2H])([2H])C([2H])([2H])N(C)C. The van der Waals surface area contributed by atoms with Crippen LogP contribution in [0.4, 0.5) is 0 Å². The summed E-state index contributed by atoms with van der Waals surface area (Å²) in [6, 6.07) is 11.4. The van der Waals surface area contributed by atoms with E-state index in [-0.39, 0.29) is 18.6 Å². The quantitative estimate of drug-likeness (QED) is 0.902. The number of benzene rings is 2. The third-order valence-electron chi connectivity index (χ3n) is 3.81. The Morgan fingerprint density at radius 3 is 2.88 bits per heavy atom. The summed E-state index contributed by atoms with van der Waals surface area (Å²) >= 11 is 0. The number of hydrogen-bond acceptors (Lipinski definition) is 3. The van der Waals surface area contributed by atoms with Crippen molar-refractivity contribution in [1.82, 2.24) is 4.90 Å². The van der Waals surface area contributed by atoms with Crippen molar-refractivity contribution >= 4 is 11.5 Å². The van der Waals surface area contributed by atoms with E-state index in [0.29, 0.717) is 22.4 Å². The highest BCUT2D eigenvalue weighted by Crippen LogP contribution is 2.37. The summed E-state index contributed by atoms with van der Waals surface area (Å²) in [7, 11) is 2.83. The molecule has 0 unspecified atom stereocenters. The molecule has 0 radical (unpaired) electrons. The fourth-order valence-electron chi connectivity index (χ4n) is 2.71. The highest BCUT2D eigenvalue weighted by atomic mass is 16.5. The minimum Gasteiger partial charge on any atom is -0.488 e. The highest BCUT2D eigenvalue weighted by molar-refractivity contribution is 5.85. The number of ether oxygens (including phenoxy) is 1. The number of nitrogens with zero attached hydrogens (tertiary/aromatic N) is 1. The smallest absolute Gasteiger partial charge is 0.307 e. The summed E-state index contributed by atoms with van der Waals surface area (Å²) < 4.78 is 48.1. The lowest BCUT2D eigenvalue weighted by atomic mass is 9.92. The zero-order valence-corrected chi connectivity index (χ0v) is 14.2. The van der Waals surface area contributed by atoms with E-state index >= 15 is 0 Å². The van der Waals surface area contributed by atoms with E-state index in [4.69, 9.17) is 16.7 Å². The third-order valence-corrected chi connectivity index (χ3v) is 3.81. The largest absolute Gasteiger partial charge is 0.488 e. The van der Waals surface area contributed by atoms with Crippen molar-refractivity contribution in [2.24, 2.45) is 0 Å². The average molecular weight is 342 g/mol. The van der Waals surface area contributed by atoms with Gasteiger partial charge in [0, 0.05) is 17.5 Å². The Morgan fingerprint density at radius 1 is 1.32 bits per heavy atom. The molecule has 0 saturated carbocycles. The molecule has 3 rings (SSSR count). The molecule has 0 aliphatic carbocycles. The Bertz CT molecular complexity index is 1020. The first-order valence-electron chi connectivity index (χ1n) is 10.4. The van der Waals surface area contributed by atoms with Crippen molar-refractivity contribution in [2.45, 2.75) is 19.4 Å². The number of hydrogen-bond donors (Lipinski definition) is 1. The molecule has 4 heteroatoms. The summed E-state index contributed by atoms with van der Waals surface area (Å²) in [6.07, 6.45) is -2.90. The molecule has 0 saturated heterocycles.